The summed E-state index contributed by atoms with van der Waals surface area (Å²) >= 11 is 0. The van der Waals surface area contributed by atoms with Gasteiger partial charge in [0.2, 0.25) is 0 Å². The second-order valence-corrected chi connectivity index (χ2v) is 7.00. The first-order valence-corrected chi connectivity index (χ1v) is 9.25. The van der Waals surface area contributed by atoms with Crippen LogP contribution in [0, 0.1) is 20.8 Å². The first-order valence-electron chi connectivity index (χ1n) is 9.25. The van der Waals surface area contributed by atoms with Crippen LogP contribution >= 0.6 is 0 Å². The molecule has 0 saturated heterocycles. The number of hydrogen-bond donors (Lipinski definition) is 1. The fourth-order valence-electron chi connectivity index (χ4n) is 2.93. The van der Waals surface area contributed by atoms with Crippen LogP contribution in [-0.2, 0) is 6.61 Å². The molecular formula is C22H27NO3. The van der Waals surface area contributed by atoms with E-state index in [4.69, 9.17) is 9.47 Å². The number of aryl methyl sites for hydroxylation is 2. The molecule has 0 heterocycles. The van der Waals surface area contributed by atoms with Gasteiger partial charge < -0.3 is 14.8 Å². The predicted molar refractivity (Wildman–Crippen MR) is 103 cm³/mol. The summed E-state index contributed by atoms with van der Waals surface area (Å²) in [4.78, 5) is 12.3. The summed E-state index contributed by atoms with van der Waals surface area (Å²) in [6.07, 6.45) is 2.15. The summed E-state index contributed by atoms with van der Waals surface area (Å²) in [5, 5.41) is 3.03. The Bertz CT molecular complexity index is 809. The highest BCUT2D eigenvalue weighted by molar-refractivity contribution is 5.95. The van der Waals surface area contributed by atoms with Gasteiger partial charge in [-0.1, -0.05) is 6.07 Å². The molecule has 26 heavy (non-hydrogen) atoms. The van der Waals surface area contributed by atoms with Crippen LogP contribution in [0.2, 0.25) is 0 Å². The van der Waals surface area contributed by atoms with Gasteiger partial charge in [-0.2, -0.15) is 0 Å². The summed E-state index contributed by atoms with van der Waals surface area (Å²) in [5.41, 5.74) is 5.05. The number of rotatable bonds is 7. The maximum absolute atomic E-state index is 12.3. The molecule has 0 unspecified atom stereocenters. The Morgan fingerprint density at radius 2 is 1.85 bits per heavy atom. The van der Waals surface area contributed by atoms with Crippen LogP contribution in [0.15, 0.2) is 30.3 Å². The summed E-state index contributed by atoms with van der Waals surface area (Å²) < 4.78 is 11.8. The first kappa shape index (κ1) is 18.3. The number of nitrogens with one attached hydrogen (secondary N) is 1. The van der Waals surface area contributed by atoms with Crippen LogP contribution in [0.3, 0.4) is 0 Å². The van der Waals surface area contributed by atoms with Crippen molar-refractivity contribution in [3.05, 3.63) is 58.1 Å². The predicted octanol–water partition coefficient (Wildman–Crippen LogP) is 4.48. The van der Waals surface area contributed by atoms with Gasteiger partial charge in [-0.05, 0) is 81.5 Å². The van der Waals surface area contributed by atoms with Crippen LogP contribution in [0.4, 0.5) is 0 Å². The zero-order chi connectivity index (χ0) is 18.7. The minimum Gasteiger partial charge on any atom is -0.493 e. The van der Waals surface area contributed by atoms with Gasteiger partial charge in [0.1, 0.15) is 18.1 Å². The van der Waals surface area contributed by atoms with Gasteiger partial charge in [-0.25, -0.2) is 0 Å². The lowest BCUT2D eigenvalue weighted by molar-refractivity contribution is 0.0951. The molecule has 0 atom stereocenters. The molecule has 0 radical (unpaired) electrons. The van der Waals surface area contributed by atoms with Crippen molar-refractivity contribution < 1.29 is 14.3 Å². The summed E-state index contributed by atoms with van der Waals surface area (Å²) in [6.45, 7) is 9.10. The van der Waals surface area contributed by atoms with Gasteiger partial charge in [-0.3, -0.25) is 4.79 Å². The van der Waals surface area contributed by atoms with Crippen LogP contribution in [-0.4, -0.2) is 18.6 Å². The second kappa shape index (κ2) is 7.81. The van der Waals surface area contributed by atoms with Crippen LogP contribution < -0.4 is 14.8 Å². The normalized spacial score (nSPS) is 13.4. The fourth-order valence-corrected chi connectivity index (χ4v) is 2.93. The molecule has 138 valence electrons. The quantitative estimate of drug-likeness (QED) is 0.798. The molecule has 0 bridgehead atoms. The van der Waals surface area contributed by atoms with Crippen LogP contribution in [0.5, 0.6) is 11.5 Å². The number of ether oxygens (including phenoxy) is 2. The van der Waals surface area contributed by atoms with Crippen molar-refractivity contribution in [1.29, 1.82) is 0 Å². The lowest BCUT2D eigenvalue weighted by atomic mass is 10.1. The molecule has 2 aromatic rings. The van der Waals surface area contributed by atoms with Gasteiger partial charge >= 0.3 is 0 Å². The number of hydrogen-bond acceptors (Lipinski definition) is 3. The molecule has 1 fully saturated rings. The highest BCUT2D eigenvalue weighted by Crippen LogP contribution is 2.27. The fraction of sp³-hybridized carbons (Fsp3) is 0.409. The Labute approximate surface area is 155 Å². The van der Waals surface area contributed by atoms with Crippen molar-refractivity contribution in [2.45, 2.75) is 53.2 Å². The summed E-state index contributed by atoms with van der Waals surface area (Å²) in [7, 11) is 0. The number of benzene rings is 2. The highest BCUT2D eigenvalue weighted by atomic mass is 16.5. The van der Waals surface area contributed by atoms with E-state index in [1.54, 1.807) is 0 Å². The van der Waals surface area contributed by atoms with Gasteiger partial charge in [0.05, 0.1) is 6.61 Å². The zero-order valence-electron chi connectivity index (χ0n) is 16.0. The molecule has 4 nitrogen and oxygen atoms in total. The van der Waals surface area contributed by atoms with E-state index in [-0.39, 0.29) is 5.91 Å². The largest absolute Gasteiger partial charge is 0.493 e. The van der Waals surface area contributed by atoms with E-state index in [1.165, 1.54) is 11.1 Å². The van der Waals surface area contributed by atoms with Gasteiger partial charge in [0.15, 0.2) is 0 Å². The van der Waals surface area contributed by atoms with Crippen molar-refractivity contribution in [3.8, 4) is 11.5 Å². The molecule has 1 aliphatic carbocycles. The highest BCUT2D eigenvalue weighted by Gasteiger charge is 2.24. The van der Waals surface area contributed by atoms with Crippen LogP contribution in [0.1, 0.15) is 52.4 Å². The molecule has 4 heteroatoms. The average Bonchev–Trinajstić information content (AvgIpc) is 3.42. The van der Waals surface area contributed by atoms with E-state index in [1.807, 2.05) is 31.2 Å². The van der Waals surface area contributed by atoms with Crippen molar-refractivity contribution in [2.75, 3.05) is 6.61 Å². The Kier molecular flexibility index (Phi) is 5.50. The molecular weight excluding hydrogens is 326 g/mol. The molecule has 0 spiro atoms. The summed E-state index contributed by atoms with van der Waals surface area (Å²) in [5.74, 6) is 1.61. The molecule has 1 aliphatic rings. The van der Waals surface area contributed by atoms with E-state index in [9.17, 15) is 4.79 Å². The third kappa shape index (κ3) is 4.37. The smallest absolute Gasteiger partial charge is 0.251 e. The van der Waals surface area contributed by atoms with E-state index >= 15 is 0 Å². The zero-order valence-corrected chi connectivity index (χ0v) is 16.0. The minimum absolute atomic E-state index is 0.0284. The minimum atomic E-state index is -0.0284. The number of amides is 1. The van der Waals surface area contributed by atoms with E-state index in [0.29, 0.717) is 24.8 Å². The molecule has 0 aliphatic heterocycles. The SMILES string of the molecule is CCOc1ccc(C(=O)NC2CC2)cc1COc1cc(C)cc(C)c1C. The first-order chi connectivity index (χ1) is 12.5. The van der Waals surface area contributed by atoms with Gasteiger partial charge in [0, 0.05) is 17.2 Å². The Morgan fingerprint density at radius 3 is 2.54 bits per heavy atom. The standard InChI is InChI=1S/C22H27NO3/c1-5-25-20-9-6-17(22(24)23-19-7-8-19)12-18(20)13-26-21-11-14(2)10-15(3)16(21)4/h6,9-12,19H,5,7-8,13H2,1-4H3,(H,23,24). The third-order valence-electron chi connectivity index (χ3n) is 4.68. The topological polar surface area (TPSA) is 47.6 Å². The van der Waals surface area contributed by atoms with Gasteiger partial charge in [0.25, 0.3) is 5.91 Å². The van der Waals surface area contributed by atoms with E-state index < -0.39 is 0 Å². The molecule has 2 aromatic carbocycles. The van der Waals surface area contributed by atoms with Crippen molar-refractivity contribution >= 4 is 5.91 Å². The number of carbonyl (C=O) groups excluding carboxylic acids is 1. The second-order valence-electron chi connectivity index (χ2n) is 7.00. The molecule has 3 rings (SSSR count). The molecule has 1 amide bonds. The van der Waals surface area contributed by atoms with Crippen molar-refractivity contribution in [3.63, 3.8) is 0 Å². The molecule has 1 saturated carbocycles. The number of carbonyl (C=O) groups is 1. The monoisotopic (exact) mass is 353 g/mol. The third-order valence-corrected chi connectivity index (χ3v) is 4.68. The van der Waals surface area contributed by atoms with Crippen molar-refractivity contribution in [1.82, 2.24) is 5.32 Å². The lowest BCUT2D eigenvalue weighted by Crippen LogP contribution is -2.25. The maximum atomic E-state index is 12.3. The van der Waals surface area contributed by atoms with E-state index in [2.05, 4.69) is 32.2 Å². The summed E-state index contributed by atoms with van der Waals surface area (Å²) in [6, 6.07) is 10.1. The van der Waals surface area contributed by atoms with Crippen LogP contribution in [0.25, 0.3) is 0 Å². The molecule has 0 aromatic heterocycles. The maximum Gasteiger partial charge on any atom is 0.251 e. The Morgan fingerprint density at radius 1 is 1.08 bits per heavy atom. The molecule has 1 N–H and O–H groups in total. The average molecular weight is 353 g/mol. The van der Waals surface area contributed by atoms with Crippen molar-refractivity contribution in [2.24, 2.45) is 0 Å². The lowest BCUT2D eigenvalue weighted by Gasteiger charge is -2.16. The Balaban J connectivity index is 1.81. The Hall–Kier alpha value is -2.49. The van der Waals surface area contributed by atoms with Gasteiger partial charge in [-0.15, -0.1) is 0 Å². The van der Waals surface area contributed by atoms with E-state index in [0.717, 1.165) is 35.5 Å².